The minimum absolute atomic E-state index is 0.00460. The molecule has 1 saturated carbocycles. The second-order valence-corrected chi connectivity index (χ2v) is 13.7. The minimum Gasteiger partial charge on any atom is -0.352 e. The van der Waals surface area contributed by atoms with Crippen molar-refractivity contribution in [2.24, 2.45) is 11.7 Å². The number of nitrogens with zero attached hydrogens (tertiary/aromatic N) is 1. The van der Waals surface area contributed by atoms with Crippen LogP contribution in [0.4, 0.5) is 0 Å². The number of hydrogen-bond donors (Lipinski definition) is 4. The van der Waals surface area contributed by atoms with Crippen molar-refractivity contribution in [1.29, 1.82) is 0 Å². The van der Waals surface area contributed by atoms with E-state index in [-0.39, 0.29) is 41.3 Å². The number of amides is 1. The normalized spacial score (nSPS) is 29.7. The number of carbonyl (C=O) groups is 1. The Balaban J connectivity index is 1.25. The minimum atomic E-state index is -3.22. The molecule has 2 aromatic rings. The Morgan fingerprint density at radius 2 is 1.85 bits per heavy atom. The van der Waals surface area contributed by atoms with E-state index in [2.05, 4.69) is 15.6 Å². The van der Waals surface area contributed by atoms with Crippen molar-refractivity contribution in [3.63, 3.8) is 0 Å². The summed E-state index contributed by atoms with van der Waals surface area (Å²) in [5.74, 6) is -0.203. The molecule has 3 fully saturated rings. The van der Waals surface area contributed by atoms with E-state index in [4.69, 9.17) is 17.3 Å². The Labute approximate surface area is 234 Å². The number of hydrogen-bond acceptors (Lipinski definition) is 6. The fraction of sp³-hybridized carbons (Fsp3) is 0.571. The molecule has 3 aliphatic rings. The van der Waals surface area contributed by atoms with Gasteiger partial charge in [0.05, 0.1) is 11.8 Å². The van der Waals surface area contributed by atoms with Crippen LogP contribution in [0.15, 0.2) is 47.4 Å². The average Bonchev–Trinajstić information content (AvgIpc) is 3.31. The Kier molecular flexibility index (Phi) is 8.78. The molecule has 5 N–H and O–H groups in total. The Hall–Kier alpha value is -2.24. The van der Waals surface area contributed by atoms with Gasteiger partial charge in [-0.05, 0) is 67.7 Å². The van der Waals surface area contributed by atoms with Crippen LogP contribution < -0.4 is 21.9 Å². The highest BCUT2D eigenvalue weighted by Gasteiger charge is 2.39. The number of carbonyl (C=O) groups excluding carboxylic acids is 1. The van der Waals surface area contributed by atoms with E-state index in [0.29, 0.717) is 24.5 Å². The summed E-state index contributed by atoms with van der Waals surface area (Å²) in [7, 11) is -3.22. The number of aromatic amines is 1. The number of piperazine rings is 1. The molecule has 39 heavy (non-hydrogen) atoms. The van der Waals surface area contributed by atoms with E-state index in [0.717, 1.165) is 49.7 Å². The van der Waals surface area contributed by atoms with Gasteiger partial charge in [0.15, 0.2) is 0 Å². The van der Waals surface area contributed by atoms with Crippen molar-refractivity contribution < 1.29 is 13.2 Å². The van der Waals surface area contributed by atoms with Crippen LogP contribution in [0.3, 0.4) is 0 Å². The first-order valence-corrected chi connectivity index (χ1v) is 15.9. The van der Waals surface area contributed by atoms with Gasteiger partial charge in [-0.15, -0.1) is 0 Å². The van der Waals surface area contributed by atoms with Crippen LogP contribution in [-0.4, -0.2) is 66.6 Å². The number of benzene rings is 1. The van der Waals surface area contributed by atoms with E-state index in [9.17, 15) is 18.0 Å². The smallest absolute Gasteiger partial charge is 0.247 e. The van der Waals surface area contributed by atoms with Gasteiger partial charge in [0, 0.05) is 54.4 Å². The lowest BCUT2D eigenvalue weighted by atomic mass is 9.85. The number of rotatable bonds is 8. The van der Waals surface area contributed by atoms with Gasteiger partial charge in [0.1, 0.15) is 0 Å². The Morgan fingerprint density at radius 1 is 1.08 bits per heavy atom. The van der Waals surface area contributed by atoms with E-state index in [1.165, 1.54) is 6.07 Å². The summed E-state index contributed by atoms with van der Waals surface area (Å²) in [6.07, 6.45) is 7.71. The molecule has 1 amide bonds. The van der Waals surface area contributed by atoms with E-state index >= 15 is 0 Å². The number of halogens is 1. The topological polar surface area (TPSA) is 137 Å². The number of fused-ring (bicyclic) bond motifs is 2. The first kappa shape index (κ1) is 28.3. The van der Waals surface area contributed by atoms with E-state index < -0.39 is 22.0 Å². The van der Waals surface area contributed by atoms with Crippen molar-refractivity contribution in [1.82, 2.24) is 19.9 Å². The van der Waals surface area contributed by atoms with Crippen LogP contribution >= 0.6 is 11.6 Å². The maximum atomic E-state index is 13.5. The third-order valence-electron chi connectivity index (χ3n) is 8.68. The molecule has 0 spiro atoms. The maximum absolute atomic E-state index is 13.5. The molecule has 1 aliphatic carbocycles. The zero-order chi connectivity index (χ0) is 27.6. The Bertz CT molecular complexity index is 1300. The number of H-pyrrole nitrogens is 1. The lowest BCUT2D eigenvalue weighted by Gasteiger charge is -2.38. The zero-order valence-corrected chi connectivity index (χ0v) is 23.6. The molecular weight excluding hydrogens is 538 g/mol. The van der Waals surface area contributed by atoms with Crippen molar-refractivity contribution in [3.05, 3.63) is 69.1 Å². The van der Waals surface area contributed by atoms with Crippen LogP contribution in [0.25, 0.3) is 0 Å². The highest BCUT2D eigenvalue weighted by Crippen LogP contribution is 2.33. The standard InChI is InChI=1S/C28H38ClN5O4S/c29-21-10-6-19(7-11-21)26(20-9-13-25(35)32-15-20)27(30)28(36)33-24-5-1-3-18(24)8-12-23-16-31-22-4-2-14-39(37,38)34(23)17-22/h6-7,9-11,13,15,18,22-24,26-27,31H,1-5,8,12,14,16-17,30H2,(H,32,35)(H,33,36)/t18-,22-,23+,24+,26+,27+/m1/s1. The molecule has 1 aromatic heterocycles. The summed E-state index contributed by atoms with van der Waals surface area (Å²) >= 11 is 6.09. The largest absolute Gasteiger partial charge is 0.352 e. The molecule has 1 unspecified atom stereocenters. The van der Waals surface area contributed by atoms with Crippen LogP contribution in [0, 0.1) is 5.92 Å². The van der Waals surface area contributed by atoms with Crippen molar-refractivity contribution in [3.8, 4) is 0 Å². The monoisotopic (exact) mass is 575 g/mol. The quantitative estimate of drug-likeness (QED) is 0.381. The molecule has 7 atom stereocenters. The van der Waals surface area contributed by atoms with Gasteiger partial charge in [-0.1, -0.05) is 36.2 Å². The molecule has 0 radical (unpaired) electrons. The van der Waals surface area contributed by atoms with Crippen LogP contribution in [0.1, 0.15) is 62.0 Å². The average molecular weight is 576 g/mol. The third-order valence-corrected chi connectivity index (χ3v) is 10.9. The summed E-state index contributed by atoms with van der Waals surface area (Å²) in [6, 6.07) is 9.68. The number of nitrogens with one attached hydrogen (secondary N) is 3. The van der Waals surface area contributed by atoms with Crippen molar-refractivity contribution in [2.45, 2.75) is 75.0 Å². The molecule has 212 valence electrons. The second kappa shape index (κ2) is 12.1. The molecule has 9 nitrogen and oxygen atoms in total. The van der Waals surface area contributed by atoms with E-state index in [1.807, 2.05) is 12.1 Å². The molecule has 2 aliphatic heterocycles. The van der Waals surface area contributed by atoms with Crippen LogP contribution in [0.5, 0.6) is 0 Å². The molecule has 2 bridgehead atoms. The van der Waals surface area contributed by atoms with Gasteiger partial charge in [0.2, 0.25) is 21.5 Å². The first-order valence-electron chi connectivity index (χ1n) is 13.9. The van der Waals surface area contributed by atoms with Gasteiger partial charge in [0.25, 0.3) is 0 Å². The molecule has 11 heteroatoms. The predicted octanol–water partition coefficient (Wildman–Crippen LogP) is 2.32. The fourth-order valence-electron chi connectivity index (χ4n) is 6.55. The number of nitrogens with two attached hydrogens (primary N) is 1. The van der Waals surface area contributed by atoms with Gasteiger partial charge in [-0.2, -0.15) is 4.31 Å². The SMILES string of the molecule is N[C@H](C(=O)N[C@H]1CCC[C@@H]1CC[C@H]1CN[C@@H]2CCCS(=O)(=O)N1C2)[C@@H](c1ccc(Cl)cc1)c1ccc(=O)[nH]c1. The van der Waals surface area contributed by atoms with Crippen LogP contribution in [-0.2, 0) is 14.8 Å². The molecule has 2 saturated heterocycles. The summed E-state index contributed by atoms with van der Waals surface area (Å²) in [4.78, 5) is 27.9. The summed E-state index contributed by atoms with van der Waals surface area (Å²) in [5, 5.41) is 7.34. The van der Waals surface area contributed by atoms with Gasteiger partial charge < -0.3 is 21.4 Å². The summed E-state index contributed by atoms with van der Waals surface area (Å²) < 4.78 is 27.4. The number of pyridine rings is 1. The zero-order valence-electron chi connectivity index (χ0n) is 22.0. The summed E-state index contributed by atoms with van der Waals surface area (Å²) in [6.45, 7) is 1.24. The lowest BCUT2D eigenvalue weighted by Crippen LogP contribution is -2.57. The van der Waals surface area contributed by atoms with E-state index in [1.54, 1.807) is 28.7 Å². The number of aromatic nitrogens is 1. The first-order chi connectivity index (χ1) is 18.7. The maximum Gasteiger partial charge on any atom is 0.247 e. The highest BCUT2D eigenvalue weighted by atomic mass is 35.5. The predicted molar refractivity (Wildman–Crippen MR) is 152 cm³/mol. The molecule has 3 heterocycles. The lowest BCUT2D eigenvalue weighted by molar-refractivity contribution is -0.123. The van der Waals surface area contributed by atoms with Crippen molar-refractivity contribution in [2.75, 3.05) is 18.8 Å². The molecule has 5 rings (SSSR count). The van der Waals surface area contributed by atoms with Gasteiger partial charge >= 0.3 is 0 Å². The molecular formula is C28H38ClN5O4S. The third kappa shape index (κ3) is 6.57. The number of sulfonamides is 1. The fourth-order valence-corrected chi connectivity index (χ4v) is 8.48. The Morgan fingerprint density at radius 3 is 2.59 bits per heavy atom. The highest BCUT2D eigenvalue weighted by molar-refractivity contribution is 7.89. The van der Waals surface area contributed by atoms with Crippen LogP contribution in [0.2, 0.25) is 5.02 Å². The van der Waals surface area contributed by atoms with Crippen molar-refractivity contribution >= 4 is 27.5 Å². The second-order valence-electron chi connectivity index (χ2n) is 11.2. The van der Waals surface area contributed by atoms with Gasteiger partial charge in [-0.3, -0.25) is 9.59 Å². The summed E-state index contributed by atoms with van der Waals surface area (Å²) in [5.41, 5.74) is 7.95. The van der Waals surface area contributed by atoms with Gasteiger partial charge in [-0.25, -0.2) is 8.42 Å². The molecule has 1 aromatic carbocycles.